The Kier molecular flexibility index (Phi) is 4.18. The molecular weight excluding hydrogens is 218 g/mol. The molecule has 0 radical (unpaired) electrons. The van der Waals surface area contributed by atoms with Crippen molar-refractivity contribution in [2.75, 3.05) is 18.1 Å². The maximum absolute atomic E-state index is 6.05. The molecule has 0 aromatic rings. The molecular formula is C13H21NOS. The molecule has 0 aliphatic carbocycles. The first-order valence-electron chi connectivity index (χ1n) is 6.18. The highest BCUT2D eigenvalue weighted by Gasteiger charge is 2.38. The van der Waals surface area contributed by atoms with Gasteiger partial charge in [0, 0.05) is 12.6 Å². The molecule has 1 spiro atoms. The van der Waals surface area contributed by atoms with E-state index in [-0.39, 0.29) is 11.6 Å². The molecule has 2 aliphatic rings. The van der Waals surface area contributed by atoms with Crippen molar-refractivity contribution in [1.82, 2.24) is 5.32 Å². The van der Waals surface area contributed by atoms with Crippen LogP contribution in [0.3, 0.4) is 0 Å². The van der Waals surface area contributed by atoms with Crippen LogP contribution in [0.2, 0.25) is 0 Å². The largest absolute Gasteiger partial charge is 0.375 e. The Hall–Kier alpha value is -0.170. The third-order valence-corrected chi connectivity index (χ3v) is 4.62. The Balaban J connectivity index is 1.90. The van der Waals surface area contributed by atoms with Gasteiger partial charge in [-0.3, -0.25) is 0 Å². The molecule has 2 aliphatic heterocycles. The van der Waals surface area contributed by atoms with Crippen LogP contribution in [0, 0.1) is 12.3 Å². The van der Waals surface area contributed by atoms with E-state index in [0.717, 1.165) is 19.4 Å². The molecule has 3 heteroatoms. The smallest absolute Gasteiger partial charge is 0.0713 e. The first-order valence-corrected chi connectivity index (χ1v) is 7.33. The van der Waals surface area contributed by atoms with Crippen LogP contribution < -0.4 is 5.32 Å². The zero-order chi connectivity index (χ0) is 11.4. The van der Waals surface area contributed by atoms with Crippen molar-refractivity contribution in [1.29, 1.82) is 0 Å². The average Bonchev–Trinajstić information content (AvgIpc) is 2.30. The Labute approximate surface area is 103 Å². The van der Waals surface area contributed by atoms with Gasteiger partial charge in [0.2, 0.25) is 0 Å². The topological polar surface area (TPSA) is 21.3 Å². The van der Waals surface area contributed by atoms with Crippen molar-refractivity contribution in [2.45, 2.75) is 50.3 Å². The van der Waals surface area contributed by atoms with Gasteiger partial charge < -0.3 is 10.1 Å². The summed E-state index contributed by atoms with van der Waals surface area (Å²) in [4.78, 5) is 0. The van der Waals surface area contributed by atoms with E-state index in [0.29, 0.717) is 6.04 Å². The first kappa shape index (κ1) is 12.3. The Morgan fingerprint density at radius 1 is 1.50 bits per heavy atom. The summed E-state index contributed by atoms with van der Waals surface area (Å²) in [7, 11) is 0. The lowest BCUT2D eigenvalue weighted by atomic mass is 9.85. The summed E-state index contributed by atoms with van der Waals surface area (Å²) >= 11 is 2.05. The highest BCUT2D eigenvalue weighted by atomic mass is 32.2. The lowest BCUT2D eigenvalue weighted by Gasteiger charge is -2.43. The van der Waals surface area contributed by atoms with Crippen LogP contribution in [0.5, 0.6) is 0 Å². The molecule has 0 aromatic heterocycles. The highest BCUT2D eigenvalue weighted by Crippen LogP contribution is 2.37. The summed E-state index contributed by atoms with van der Waals surface area (Å²) in [6.45, 7) is 2.94. The van der Waals surface area contributed by atoms with Crippen LogP contribution >= 0.6 is 11.8 Å². The van der Waals surface area contributed by atoms with Gasteiger partial charge >= 0.3 is 0 Å². The van der Waals surface area contributed by atoms with Crippen LogP contribution in [0.4, 0.5) is 0 Å². The fraction of sp³-hybridized carbons (Fsp3) is 0.846. The van der Waals surface area contributed by atoms with Crippen molar-refractivity contribution < 1.29 is 4.74 Å². The number of terminal acetylenes is 1. The van der Waals surface area contributed by atoms with E-state index in [1.165, 1.54) is 24.3 Å². The van der Waals surface area contributed by atoms with Crippen LogP contribution in [0.15, 0.2) is 0 Å². The van der Waals surface area contributed by atoms with Gasteiger partial charge in [0.15, 0.2) is 0 Å². The highest BCUT2D eigenvalue weighted by molar-refractivity contribution is 7.99. The lowest BCUT2D eigenvalue weighted by molar-refractivity contribution is -0.0935. The molecule has 2 atom stereocenters. The van der Waals surface area contributed by atoms with Crippen LogP contribution in [-0.2, 0) is 4.74 Å². The zero-order valence-corrected chi connectivity index (χ0v) is 10.8. The zero-order valence-electron chi connectivity index (χ0n) is 10.00. The number of hydrogen-bond donors (Lipinski definition) is 1. The van der Waals surface area contributed by atoms with Gasteiger partial charge in [-0.15, -0.1) is 6.42 Å². The summed E-state index contributed by atoms with van der Waals surface area (Å²) in [6, 6.07) is 0.723. The molecule has 2 nitrogen and oxygen atoms in total. The SMILES string of the molecule is C#CC(C)NC1CCOC2(CCSCC2)C1. The van der Waals surface area contributed by atoms with Crippen molar-refractivity contribution in [3.8, 4) is 12.3 Å². The van der Waals surface area contributed by atoms with E-state index in [1.54, 1.807) is 0 Å². The van der Waals surface area contributed by atoms with Crippen LogP contribution in [-0.4, -0.2) is 35.8 Å². The molecule has 0 amide bonds. The van der Waals surface area contributed by atoms with Crippen molar-refractivity contribution in [2.24, 2.45) is 0 Å². The minimum Gasteiger partial charge on any atom is -0.375 e. The fourth-order valence-corrected chi connectivity index (χ4v) is 3.90. The maximum Gasteiger partial charge on any atom is 0.0713 e. The summed E-state index contributed by atoms with van der Waals surface area (Å²) in [5.74, 6) is 5.24. The predicted molar refractivity (Wildman–Crippen MR) is 69.7 cm³/mol. The predicted octanol–water partition coefficient (Wildman–Crippen LogP) is 2.04. The number of hydrogen-bond acceptors (Lipinski definition) is 3. The van der Waals surface area contributed by atoms with E-state index >= 15 is 0 Å². The van der Waals surface area contributed by atoms with Crippen molar-refractivity contribution in [3.63, 3.8) is 0 Å². The fourth-order valence-electron chi connectivity index (χ4n) is 2.66. The van der Waals surface area contributed by atoms with Crippen molar-refractivity contribution >= 4 is 11.8 Å². The first-order chi connectivity index (χ1) is 7.74. The van der Waals surface area contributed by atoms with Crippen molar-refractivity contribution in [3.05, 3.63) is 0 Å². The molecule has 16 heavy (non-hydrogen) atoms. The van der Waals surface area contributed by atoms with Gasteiger partial charge in [0.05, 0.1) is 11.6 Å². The van der Waals surface area contributed by atoms with Gasteiger partial charge in [0.25, 0.3) is 0 Å². The van der Waals surface area contributed by atoms with Gasteiger partial charge in [-0.05, 0) is 44.1 Å². The number of nitrogens with one attached hydrogen (secondary N) is 1. The third kappa shape index (κ3) is 2.94. The van der Waals surface area contributed by atoms with Gasteiger partial charge in [0.1, 0.15) is 0 Å². The second-order valence-corrected chi connectivity index (χ2v) is 6.11. The quantitative estimate of drug-likeness (QED) is 0.745. The molecule has 2 heterocycles. The van der Waals surface area contributed by atoms with Gasteiger partial charge in [-0.2, -0.15) is 11.8 Å². The van der Waals surface area contributed by atoms with Crippen LogP contribution in [0.25, 0.3) is 0 Å². The average molecular weight is 239 g/mol. The number of ether oxygens (including phenoxy) is 1. The molecule has 2 saturated heterocycles. The van der Waals surface area contributed by atoms with Crippen LogP contribution in [0.1, 0.15) is 32.6 Å². The Morgan fingerprint density at radius 3 is 2.94 bits per heavy atom. The molecule has 2 unspecified atom stereocenters. The Bertz CT molecular complexity index is 262. The van der Waals surface area contributed by atoms with Gasteiger partial charge in [-0.1, -0.05) is 5.92 Å². The summed E-state index contributed by atoms with van der Waals surface area (Å²) in [5.41, 5.74) is 0.162. The molecule has 1 N–H and O–H groups in total. The number of rotatable bonds is 2. The second kappa shape index (κ2) is 5.44. The molecule has 0 saturated carbocycles. The molecule has 0 aromatic carbocycles. The Morgan fingerprint density at radius 2 is 2.25 bits per heavy atom. The molecule has 90 valence electrons. The molecule has 2 fully saturated rings. The monoisotopic (exact) mass is 239 g/mol. The van der Waals surface area contributed by atoms with E-state index < -0.39 is 0 Å². The minimum absolute atomic E-state index is 0.162. The summed E-state index contributed by atoms with van der Waals surface area (Å²) < 4.78 is 6.05. The molecule has 2 rings (SSSR count). The maximum atomic E-state index is 6.05. The summed E-state index contributed by atoms with van der Waals surface area (Å²) in [5, 5.41) is 3.52. The van der Waals surface area contributed by atoms with E-state index in [1.807, 2.05) is 11.8 Å². The lowest BCUT2D eigenvalue weighted by Crippen LogP contribution is -2.50. The van der Waals surface area contributed by atoms with E-state index in [2.05, 4.69) is 18.2 Å². The summed E-state index contributed by atoms with van der Waals surface area (Å²) in [6.07, 6.45) is 10.1. The van der Waals surface area contributed by atoms with E-state index in [9.17, 15) is 0 Å². The second-order valence-electron chi connectivity index (χ2n) is 4.89. The minimum atomic E-state index is 0.162. The standard InChI is InChI=1S/C13H21NOS/c1-3-11(2)14-12-4-7-15-13(10-12)5-8-16-9-6-13/h1,11-12,14H,4-10H2,2H3. The van der Waals surface area contributed by atoms with E-state index in [4.69, 9.17) is 11.2 Å². The normalized spacial score (nSPS) is 30.9. The third-order valence-electron chi connectivity index (χ3n) is 3.63. The van der Waals surface area contributed by atoms with Gasteiger partial charge in [-0.25, -0.2) is 0 Å². The molecule has 0 bridgehead atoms. The number of thioether (sulfide) groups is 1.